The van der Waals surface area contributed by atoms with Gasteiger partial charge in [-0.05, 0) is 80.6 Å². The number of para-hydroxylation sites is 1. The standard InChI is InChI=1S/C33H30FN3O5/c1-22-11-12-23(2)37(22)26-13-15-27(16-14-26)40-21-28-17-18-31(42-28)33(38)36-35-19-24-8-6-10-30(39-3)32(24)41-20-25-7-4-5-9-29(25)34/h4-19H,20-21H2,1-3H3,(H,36,38). The van der Waals surface area contributed by atoms with Crippen molar-refractivity contribution in [2.75, 3.05) is 7.11 Å². The number of ether oxygens (including phenoxy) is 3. The number of aromatic nitrogens is 1. The molecule has 9 heteroatoms. The van der Waals surface area contributed by atoms with Crippen molar-refractivity contribution in [1.82, 2.24) is 9.99 Å². The molecule has 0 radical (unpaired) electrons. The molecule has 0 aliphatic carbocycles. The van der Waals surface area contributed by atoms with Crippen LogP contribution < -0.4 is 19.6 Å². The number of hydrazone groups is 1. The fourth-order valence-electron chi connectivity index (χ4n) is 4.43. The van der Waals surface area contributed by atoms with Gasteiger partial charge in [-0.15, -0.1) is 0 Å². The van der Waals surface area contributed by atoms with Crippen LogP contribution in [0.3, 0.4) is 0 Å². The lowest BCUT2D eigenvalue weighted by Gasteiger charge is -2.13. The molecule has 0 atom stereocenters. The highest BCUT2D eigenvalue weighted by atomic mass is 19.1. The van der Waals surface area contributed by atoms with Gasteiger partial charge in [-0.1, -0.05) is 24.3 Å². The molecule has 0 bridgehead atoms. The van der Waals surface area contributed by atoms with Gasteiger partial charge in [0.1, 0.15) is 30.5 Å². The number of amides is 1. The quantitative estimate of drug-likeness (QED) is 0.141. The second-order valence-electron chi connectivity index (χ2n) is 9.46. The summed E-state index contributed by atoms with van der Waals surface area (Å²) < 4.78 is 39.0. The number of hydrogen-bond acceptors (Lipinski definition) is 6. The Morgan fingerprint density at radius 3 is 2.40 bits per heavy atom. The third-order valence-electron chi connectivity index (χ3n) is 6.56. The highest BCUT2D eigenvalue weighted by molar-refractivity contribution is 5.93. The van der Waals surface area contributed by atoms with Gasteiger partial charge in [0.2, 0.25) is 0 Å². The maximum absolute atomic E-state index is 14.0. The lowest BCUT2D eigenvalue weighted by molar-refractivity contribution is 0.0923. The average molecular weight is 568 g/mol. The first kappa shape index (κ1) is 28.2. The predicted molar refractivity (Wildman–Crippen MR) is 157 cm³/mol. The largest absolute Gasteiger partial charge is 0.493 e. The van der Waals surface area contributed by atoms with E-state index in [0.717, 1.165) is 17.1 Å². The van der Waals surface area contributed by atoms with Crippen LogP contribution in [-0.2, 0) is 13.2 Å². The van der Waals surface area contributed by atoms with Gasteiger partial charge in [0.05, 0.1) is 13.3 Å². The summed E-state index contributed by atoms with van der Waals surface area (Å²) in [7, 11) is 1.51. The number of furan rings is 1. The Labute approximate surface area is 243 Å². The summed E-state index contributed by atoms with van der Waals surface area (Å²) in [5, 5.41) is 4.04. The highest BCUT2D eigenvalue weighted by Gasteiger charge is 2.13. The normalized spacial score (nSPS) is 11.0. The summed E-state index contributed by atoms with van der Waals surface area (Å²) in [6.07, 6.45) is 1.42. The molecule has 0 saturated heterocycles. The predicted octanol–water partition coefficient (Wildman–Crippen LogP) is 6.76. The van der Waals surface area contributed by atoms with Crippen LogP contribution in [0.25, 0.3) is 5.69 Å². The Kier molecular flexibility index (Phi) is 8.67. The number of benzene rings is 3. The number of rotatable bonds is 11. The van der Waals surface area contributed by atoms with Crippen molar-refractivity contribution in [3.63, 3.8) is 0 Å². The first-order valence-electron chi connectivity index (χ1n) is 13.3. The molecule has 0 aliphatic heterocycles. The Hall–Kier alpha value is -5.31. The van der Waals surface area contributed by atoms with Gasteiger partial charge in [0.15, 0.2) is 17.3 Å². The van der Waals surface area contributed by atoms with Crippen molar-refractivity contribution < 1.29 is 27.8 Å². The van der Waals surface area contributed by atoms with E-state index in [9.17, 15) is 9.18 Å². The minimum Gasteiger partial charge on any atom is -0.493 e. The molecular weight excluding hydrogens is 537 g/mol. The van der Waals surface area contributed by atoms with Gasteiger partial charge in [-0.2, -0.15) is 5.10 Å². The van der Waals surface area contributed by atoms with Crippen LogP contribution in [0.15, 0.2) is 101 Å². The minimum absolute atomic E-state index is 0.00585. The first-order valence-corrected chi connectivity index (χ1v) is 13.3. The fourth-order valence-corrected chi connectivity index (χ4v) is 4.43. The van der Waals surface area contributed by atoms with Crippen LogP contribution in [0.1, 0.15) is 38.8 Å². The number of carbonyl (C=O) groups excluding carboxylic acids is 1. The van der Waals surface area contributed by atoms with Gasteiger partial charge >= 0.3 is 5.91 Å². The van der Waals surface area contributed by atoms with E-state index in [0.29, 0.717) is 34.1 Å². The molecule has 0 saturated carbocycles. The van der Waals surface area contributed by atoms with Gasteiger partial charge in [-0.3, -0.25) is 4.79 Å². The van der Waals surface area contributed by atoms with E-state index in [-0.39, 0.29) is 24.8 Å². The lowest BCUT2D eigenvalue weighted by Crippen LogP contribution is -2.17. The second-order valence-corrected chi connectivity index (χ2v) is 9.46. The van der Waals surface area contributed by atoms with E-state index >= 15 is 0 Å². The molecule has 1 N–H and O–H groups in total. The molecule has 0 spiro atoms. The zero-order chi connectivity index (χ0) is 29.5. The van der Waals surface area contributed by atoms with E-state index < -0.39 is 5.91 Å². The molecule has 0 fully saturated rings. The van der Waals surface area contributed by atoms with Gasteiger partial charge in [0.25, 0.3) is 0 Å². The average Bonchev–Trinajstić information content (AvgIpc) is 3.62. The third-order valence-corrected chi connectivity index (χ3v) is 6.56. The van der Waals surface area contributed by atoms with Gasteiger partial charge in [0, 0.05) is 28.2 Å². The van der Waals surface area contributed by atoms with Crippen molar-refractivity contribution >= 4 is 12.1 Å². The zero-order valence-electron chi connectivity index (χ0n) is 23.5. The van der Waals surface area contributed by atoms with E-state index in [2.05, 4.69) is 41.1 Å². The van der Waals surface area contributed by atoms with Crippen molar-refractivity contribution in [2.24, 2.45) is 5.10 Å². The van der Waals surface area contributed by atoms with E-state index in [1.807, 2.05) is 24.3 Å². The van der Waals surface area contributed by atoms with Crippen molar-refractivity contribution in [3.8, 4) is 22.9 Å². The monoisotopic (exact) mass is 567 g/mol. The number of carbonyl (C=O) groups is 1. The number of methoxy groups -OCH3 is 1. The highest BCUT2D eigenvalue weighted by Crippen LogP contribution is 2.31. The molecule has 5 aromatic rings. The van der Waals surface area contributed by atoms with Crippen molar-refractivity contribution in [2.45, 2.75) is 27.1 Å². The molecule has 8 nitrogen and oxygen atoms in total. The molecule has 1 amide bonds. The van der Waals surface area contributed by atoms with E-state index in [4.69, 9.17) is 18.6 Å². The van der Waals surface area contributed by atoms with E-state index in [1.165, 1.54) is 19.4 Å². The lowest BCUT2D eigenvalue weighted by atomic mass is 10.2. The summed E-state index contributed by atoms with van der Waals surface area (Å²) in [6.45, 7) is 4.28. The smallest absolute Gasteiger partial charge is 0.307 e. The fraction of sp³-hybridized carbons (Fsp3) is 0.152. The maximum Gasteiger partial charge on any atom is 0.307 e. The molecule has 2 heterocycles. The van der Waals surface area contributed by atoms with Gasteiger partial charge in [-0.25, -0.2) is 9.82 Å². The molecule has 3 aromatic carbocycles. The summed E-state index contributed by atoms with van der Waals surface area (Å²) in [6, 6.07) is 26.7. The zero-order valence-corrected chi connectivity index (χ0v) is 23.5. The minimum atomic E-state index is -0.531. The van der Waals surface area contributed by atoms with Crippen LogP contribution in [0.2, 0.25) is 0 Å². The first-order chi connectivity index (χ1) is 20.4. The van der Waals surface area contributed by atoms with Crippen LogP contribution in [0.5, 0.6) is 17.2 Å². The molecular formula is C33H30FN3O5. The van der Waals surface area contributed by atoms with Crippen LogP contribution in [0.4, 0.5) is 4.39 Å². The number of hydrogen-bond donors (Lipinski definition) is 1. The Bertz CT molecular complexity index is 1690. The summed E-state index contributed by atoms with van der Waals surface area (Å²) in [5.74, 6) is 1.17. The summed E-state index contributed by atoms with van der Waals surface area (Å²) in [4.78, 5) is 12.6. The van der Waals surface area contributed by atoms with E-state index in [1.54, 1.807) is 48.5 Å². The SMILES string of the molecule is COc1cccc(C=NNC(=O)c2ccc(COc3ccc(-n4c(C)ccc4C)cc3)o2)c1OCc1ccccc1F. The third kappa shape index (κ3) is 6.52. The Balaban J connectivity index is 1.17. The Morgan fingerprint density at radius 2 is 1.67 bits per heavy atom. The van der Waals surface area contributed by atoms with Crippen LogP contribution in [-0.4, -0.2) is 23.8 Å². The van der Waals surface area contributed by atoms with Crippen molar-refractivity contribution in [1.29, 1.82) is 0 Å². The van der Waals surface area contributed by atoms with Crippen LogP contribution in [0, 0.1) is 19.7 Å². The van der Waals surface area contributed by atoms with Crippen molar-refractivity contribution in [3.05, 3.63) is 131 Å². The topological polar surface area (TPSA) is 87.2 Å². The molecule has 0 aliphatic rings. The maximum atomic E-state index is 14.0. The second kappa shape index (κ2) is 12.9. The number of nitrogens with zero attached hydrogens (tertiary/aromatic N) is 2. The molecule has 5 rings (SSSR count). The Morgan fingerprint density at radius 1 is 0.905 bits per heavy atom. The molecule has 0 unspecified atom stereocenters. The van der Waals surface area contributed by atoms with Gasteiger partial charge < -0.3 is 23.2 Å². The molecule has 42 heavy (non-hydrogen) atoms. The number of halogens is 1. The summed E-state index contributed by atoms with van der Waals surface area (Å²) in [5.41, 5.74) is 6.75. The molecule has 2 aromatic heterocycles. The van der Waals surface area contributed by atoms with Crippen LogP contribution >= 0.6 is 0 Å². The molecule has 214 valence electrons. The number of nitrogens with one attached hydrogen (secondary N) is 1. The number of aryl methyl sites for hydroxylation is 2. The summed E-state index contributed by atoms with van der Waals surface area (Å²) >= 11 is 0.